The van der Waals surface area contributed by atoms with Gasteiger partial charge in [-0.1, -0.05) is 55.5 Å². The molecule has 0 atom stereocenters. The monoisotopic (exact) mass is 454 g/mol. The lowest BCUT2D eigenvalue weighted by Crippen LogP contribution is -2.26. The third kappa shape index (κ3) is 5.69. The van der Waals surface area contributed by atoms with Crippen molar-refractivity contribution in [3.05, 3.63) is 113 Å². The molecular weight excluding hydrogens is 428 g/mol. The summed E-state index contributed by atoms with van der Waals surface area (Å²) in [5, 5.41) is 10.3. The summed E-state index contributed by atoms with van der Waals surface area (Å²) in [6.45, 7) is 2.95. The Balaban J connectivity index is 1.64. The minimum absolute atomic E-state index is 0.129. The van der Waals surface area contributed by atoms with Gasteiger partial charge in [0.15, 0.2) is 11.4 Å². The number of rotatable bonds is 9. The van der Waals surface area contributed by atoms with Crippen molar-refractivity contribution in [3.8, 4) is 11.5 Å². The molecule has 0 aliphatic heterocycles. The Morgan fingerprint density at radius 3 is 2.29 bits per heavy atom. The van der Waals surface area contributed by atoms with E-state index in [9.17, 15) is 9.59 Å². The average molecular weight is 455 g/mol. The number of hydrogen-bond donors (Lipinski definition) is 2. The number of benzene rings is 3. The molecule has 34 heavy (non-hydrogen) atoms. The van der Waals surface area contributed by atoms with Crippen molar-refractivity contribution in [1.29, 1.82) is 0 Å². The third-order valence-electron chi connectivity index (χ3n) is 5.11. The largest absolute Gasteiger partial charge is 0.453 e. The molecule has 1 aromatic heterocycles. The molecule has 2 N–H and O–H groups in total. The number of carbonyl (C=O) groups excluding carboxylic acids is 1. The van der Waals surface area contributed by atoms with Gasteiger partial charge in [0.25, 0.3) is 11.5 Å². The summed E-state index contributed by atoms with van der Waals surface area (Å²) in [4.78, 5) is 25.6. The molecule has 4 aromatic rings. The fourth-order valence-corrected chi connectivity index (χ4v) is 3.34. The maximum atomic E-state index is 13.4. The smallest absolute Gasteiger partial charge is 0.294 e. The number of nitrogens with zero attached hydrogens (tertiary/aromatic N) is 2. The molecule has 3 aromatic carbocycles. The van der Waals surface area contributed by atoms with Crippen LogP contribution >= 0.6 is 0 Å². The lowest BCUT2D eigenvalue weighted by molar-refractivity contribution is 0.0953. The number of hydrogen-bond acceptors (Lipinski definition) is 5. The zero-order valence-corrected chi connectivity index (χ0v) is 18.9. The molecule has 0 bridgehead atoms. The first-order valence-electron chi connectivity index (χ1n) is 11.2. The van der Waals surface area contributed by atoms with E-state index in [1.54, 1.807) is 24.3 Å². The molecule has 172 valence electrons. The van der Waals surface area contributed by atoms with Crippen LogP contribution in [0.1, 0.15) is 29.3 Å². The molecule has 0 aliphatic carbocycles. The molecule has 0 fully saturated rings. The van der Waals surface area contributed by atoms with Gasteiger partial charge >= 0.3 is 0 Å². The van der Waals surface area contributed by atoms with Crippen molar-refractivity contribution in [2.75, 3.05) is 11.9 Å². The quantitative estimate of drug-likeness (QED) is 0.373. The number of para-hydroxylation sites is 1. The maximum Gasteiger partial charge on any atom is 0.294 e. The van der Waals surface area contributed by atoms with Crippen LogP contribution in [0.5, 0.6) is 11.5 Å². The molecule has 7 nitrogen and oxygen atoms in total. The molecule has 0 saturated carbocycles. The zero-order chi connectivity index (χ0) is 23.8. The number of amides is 1. The second-order valence-corrected chi connectivity index (χ2v) is 7.71. The highest BCUT2D eigenvalue weighted by molar-refractivity contribution is 5.94. The Bertz CT molecular complexity index is 1290. The summed E-state index contributed by atoms with van der Waals surface area (Å²) in [6, 6.07) is 25.8. The van der Waals surface area contributed by atoms with Crippen molar-refractivity contribution in [2.45, 2.75) is 19.9 Å². The third-order valence-corrected chi connectivity index (χ3v) is 5.11. The average Bonchev–Trinajstić information content (AvgIpc) is 2.88. The van der Waals surface area contributed by atoms with E-state index in [0.717, 1.165) is 12.0 Å². The van der Waals surface area contributed by atoms with E-state index in [4.69, 9.17) is 4.74 Å². The summed E-state index contributed by atoms with van der Waals surface area (Å²) in [5.74, 6) is 0.774. The van der Waals surface area contributed by atoms with Crippen molar-refractivity contribution >= 4 is 17.3 Å². The Morgan fingerprint density at radius 2 is 1.62 bits per heavy atom. The van der Waals surface area contributed by atoms with Gasteiger partial charge in [-0.05, 0) is 48.4 Å². The van der Waals surface area contributed by atoms with Crippen LogP contribution in [-0.4, -0.2) is 22.2 Å². The number of aromatic nitrogens is 2. The van der Waals surface area contributed by atoms with Crippen molar-refractivity contribution in [2.24, 2.45) is 0 Å². The van der Waals surface area contributed by atoms with Crippen LogP contribution in [0.15, 0.2) is 95.9 Å². The first kappa shape index (κ1) is 22.8. The molecule has 1 heterocycles. The second-order valence-electron chi connectivity index (χ2n) is 7.71. The van der Waals surface area contributed by atoms with E-state index in [2.05, 4.69) is 15.7 Å². The maximum absolute atomic E-state index is 13.4. The Hall–Kier alpha value is -4.39. The van der Waals surface area contributed by atoms with Gasteiger partial charge in [-0.25, -0.2) is 4.68 Å². The molecule has 0 aliphatic rings. The summed E-state index contributed by atoms with van der Waals surface area (Å²) >= 11 is 0. The fourth-order valence-electron chi connectivity index (χ4n) is 3.34. The second kappa shape index (κ2) is 11.0. The topological polar surface area (TPSA) is 85.2 Å². The minimum Gasteiger partial charge on any atom is -0.453 e. The van der Waals surface area contributed by atoms with E-state index >= 15 is 0 Å². The molecule has 4 rings (SSSR count). The highest BCUT2D eigenvalue weighted by Crippen LogP contribution is 2.28. The number of anilines is 2. The predicted molar refractivity (Wildman–Crippen MR) is 133 cm³/mol. The number of ether oxygens (including phenoxy) is 1. The Labute approximate surface area is 198 Å². The fraction of sp³-hybridized carbons (Fsp3) is 0.148. The molecule has 0 radical (unpaired) electrons. The van der Waals surface area contributed by atoms with Gasteiger partial charge in [0.05, 0.1) is 12.7 Å². The van der Waals surface area contributed by atoms with Gasteiger partial charge in [-0.15, -0.1) is 0 Å². The van der Waals surface area contributed by atoms with Crippen LogP contribution in [-0.2, 0) is 6.54 Å². The van der Waals surface area contributed by atoms with Crippen molar-refractivity contribution in [3.63, 3.8) is 0 Å². The SMILES string of the molecule is CCCNC(=O)c1ccc(Nc2c(Oc3ccccc3)cnn(Cc3ccccc3)c2=O)cc1. The first-order valence-corrected chi connectivity index (χ1v) is 11.2. The van der Waals surface area contributed by atoms with Crippen molar-refractivity contribution < 1.29 is 9.53 Å². The van der Waals surface area contributed by atoms with E-state index in [1.165, 1.54) is 10.9 Å². The first-order chi connectivity index (χ1) is 16.6. The van der Waals surface area contributed by atoms with E-state index in [-0.39, 0.29) is 17.2 Å². The van der Waals surface area contributed by atoms with Crippen LogP contribution < -0.4 is 20.9 Å². The highest BCUT2D eigenvalue weighted by Gasteiger charge is 2.15. The van der Waals surface area contributed by atoms with E-state index < -0.39 is 0 Å². The number of nitrogens with one attached hydrogen (secondary N) is 2. The summed E-state index contributed by atoms with van der Waals surface area (Å²) in [7, 11) is 0. The van der Waals surface area contributed by atoms with Crippen LogP contribution in [0.25, 0.3) is 0 Å². The normalized spacial score (nSPS) is 10.5. The predicted octanol–water partition coefficient (Wildman–Crippen LogP) is 4.97. The van der Waals surface area contributed by atoms with Crippen LogP contribution in [0.2, 0.25) is 0 Å². The van der Waals surface area contributed by atoms with Gasteiger partial charge in [-0.3, -0.25) is 9.59 Å². The minimum atomic E-state index is -0.318. The van der Waals surface area contributed by atoms with Crippen LogP contribution in [0.4, 0.5) is 11.4 Å². The summed E-state index contributed by atoms with van der Waals surface area (Å²) < 4.78 is 7.36. The van der Waals surface area contributed by atoms with Gasteiger partial charge in [0, 0.05) is 17.8 Å². The summed E-state index contributed by atoms with van der Waals surface area (Å²) in [5.41, 5.74) is 2.11. The molecule has 0 spiro atoms. The Morgan fingerprint density at radius 1 is 0.941 bits per heavy atom. The lowest BCUT2D eigenvalue weighted by atomic mass is 10.2. The lowest BCUT2D eigenvalue weighted by Gasteiger charge is -2.15. The molecular formula is C27H26N4O3. The summed E-state index contributed by atoms with van der Waals surface area (Å²) in [6.07, 6.45) is 2.40. The van der Waals surface area contributed by atoms with Crippen molar-refractivity contribution in [1.82, 2.24) is 15.1 Å². The van der Waals surface area contributed by atoms with Crippen LogP contribution in [0, 0.1) is 0 Å². The van der Waals surface area contributed by atoms with Crippen LogP contribution in [0.3, 0.4) is 0 Å². The molecule has 0 unspecified atom stereocenters. The van der Waals surface area contributed by atoms with E-state index in [0.29, 0.717) is 35.8 Å². The Kier molecular flexibility index (Phi) is 7.35. The standard InChI is InChI=1S/C27H26N4O3/c1-2-17-28-26(32)21-13-15-22(16-14-21)30-25-24(34-23-11-7-4-8-12-23)18-29-31(27(25)33)19-20-9-5-3-6-10-20/h3-16,18,30H,2,17,19H2,1H3,(H,28,32). The van der Waals surface area contributed by atoms with E-state index in [1.807, 2.05) is 67.6 Å². The molecule has 7 heteroatoms. The molecule has 0 saturated heterocycles. The van der Waals surface area contributed by atoms with Gasteiger partial charge in [-0.2, -0.15) is 5.10 Å². The zero-order valence-electron chi connectivity index (χ0n) is 18.9. The van der Waals surface area contributed by atoms with Gasteiger partial charge in [0.1, 0.15) is 5.75 Å². The number of carbonyl (C=O) groups is 1. The molecule has 1 amide bonds. The highest BCUT2D eigenvalue weighted by atomic mass is 16.5. The van der Waals surface area contributed by atoms with Gasteiger partial charge in [0.2, 0.25) is 0 Å². The van der Waals surface area contributed by atoms with Gasteiger partial charge < -0.3 is 15.4 Å².